The number of aromatic nitrogens is 2. The van der Waals surface area contributed by atoms with Gasteiger partial charge in [0.2, 0.25) is 11.6 Å². The van der Waals surface area contributed by atoms with E-state index in [9.17, 15) is 13.6 Å². The molecule has 2 aromatic rings. The van der Waals surface area contributed by atoms with E-state index in [1.165, 1.54) is 24.5 Å². The zero-order valence-electron chi connectivity index (χ0n) is 8.95. The average molecular weight is 234 g/mol. The molecule has 0 spiro atoms. The molecule has 17 heavy (non-hydrogen) atoms. The van der Waals surface area contributed by atoms with E-state index in [1.807, 2.05) is 0 Å². The maximum absolute atomic E-state index is 13.4. The van der Waals surface area contributed by atoms with Gasteiger partial charge in [-0.1, -0.05) is 6.07 Å². The molecule has 3 nitrogen and oxygen atoms in total. The minimum Gasteiger partial charge on any atom is -0.285 e. The molecule has 0 N–H and O–H groups in total. The number of hydrogen-bond acceptors (Lipinski definition) is 3. The first-order chi connectivity index (χ1) is 8.09. The lowest BCUT2D eigenvalue weighted by molar-refractivity contribution is 0.102. The van der Waals surface area contributed by atoms with E-state index in [2.05, 4.69) is 9.97 Å². The van der Waals surface area contributed by atoms with Gasteiger partial charge < -0.3 is 0 Å². The second kappa shape index (κ2) is 4.37. The summed E-state index contributed by atoms with van der Waals surface area (Å²) >= 11 is 0. The van der Waals surface area contributed by atoms with Gasteiger partial charge in [-0.15, -0.1) is 0 Å². The number of halogens is 2. The van der Waals surface area contributed by atoms with Crippen molar-refractivity contribution >= 4 is 5.78 Å². The molecule has 0 aliphatic carbocycles. The first-order valence-electron chi connectivity index (χ1n) is 4.87. The lowest BCUT2D eigenvalue weighted by Crippen LogP contribution is -2.10. The van der Waals surface area contributed by atoms with Crippen LogP contribution in [0.1, 0.15) is 21.7 Å². The molecule has 0 saturated heterocycles. The highest BCUT2D eigenvalue weighted by Crippen LogP contribution is 2.14. The number of carbonyl (C=O) groups excluding carboxylic acids is 1. The Labute approximate surface area is 96.2 Å². The molecule has 0 atom stereocenters. The van der Waals surface area contributed by atoms with E-state index >= 15 is 0 Å². The van der Waals surface area contributed by atoms with E-state index in [4.69, 9.17) is 0 Å². The molecular weight excluding hydrogens is 226 g/mol. The number of benzene rings is 1. The maximum Gasteiger partial charge on any atom is 0.233 e. The molecule has 0 aliphatic rings. The highest BCUT2D eigenvalue weighted by atomic mass is 19.2. The van der Waals surface area contributed by atoms with Gasteiger partial charge in [0.25, 0.3) is 0 Å². The Morgan fingerprint density at radius 3 is 2.47 bits per heavy atom. The highest BCUT2D eigenvalue weighted by molar-refractivity contribution is 6.06. The lowest BCUT2D eigenvalue weighted by Gasteiger charge is -2.02. The maximum atomic E-state index is 13.4. The predicted molar refractivity (Wildman–Crippen MR) is 56.6 cm³/mol. The first-order valence-corrected chi connectivity index (χ1v) is 4.87. The summed E-state index contributed by atoms with van der Waals surface area (Å²) in [6, 6.07) is 3.41. The minimum absolute atomic E-state index is 0.153. The summed E-state index contributed by atoms with van der Waals surface area (Å²) in [5.74, 6) is -3.13. The van der Waals surface area contributed by atoms with Crippen LogP contribution in [0.15, 0.2) is 30.6 Å². The van der Waals surface area contributed by atoms with Crippen LogP contribution in [0.2, 0.25) is 0 Å². The van der Waals surface area contributed by atoms with Gasteiger partial charge >= 0.3 is 0 Å². The van der Waals surface area contributed by atoms with Gasteiger partial charge in [0, 0.05) is 12.4 Å². The molecule has 0 bridgehead atoms. The number of ketones is 1. The van der Waals surface area contributed by atoms with Crippen LogP contribution in [0.4, 0.5) is 8.78 Å². The molecule has 86 valence electrons. The third-order valence-corrected chi connectivity index (χ3v) is 2.18. The molecule has 0 saturated carbocycles. The Balaban J connectivity index is 2.44. The van der Waals surface area contributed by atoms with Crippen LogP contribution in [0, 0.1) is 18.6 Å². The van der Waals surface area contributed by atoms with Crippen LogP contribution in [0.25, 0.3) is 0 Å². The smallest absolute Gasteiger partial charge is 0.233 e. The molecule has 0 fully saturated rings. The van der Waals surface area contributed by atoms with Crippen molar-refractivity contribution in [1.82, 2.24) is 9.97 Å². The number of carbonyl (C=O) groups is 1. The van der Waals surface area contributed by atoms with Crippen LogP contribution >= 0.6 is 0 Å². The van der Waals surface area contributed by atoms with E-state index in [0.717, 1.165) is 11.6 Å². The molecule has 0 aliphatic heterocycles. The van der Waals surface area contributed by atoms with Crippen LogP contribution in [0.3, 0.4) is 0 Å². The summed E-state index contributed by atoms with van der Waals surface area (Å²) in [6.07, 6.45) is 2.88. The summed E-state index contributed by atoms with van der Waals surface area (Å²) in [7, 11) is 0. The minimum atomic E-state index is -1.18. The van der Waals surface area contributed by atoms with Crippen LogP contribution in [0.5, 0.6) is 0 Å². The first kappa shape index (κ1) is 11.3. The highest BCUT2D eigenvalue weighted by Gasteiger charge is 2.18. The SMILES string of the molecule is Cc1cnc(C(=O)c2cccc(F)c2F)nc1. The van der Waals surface area contributed by atoms with Crippen molar-refractivity contribution in [2.24, 2.45) is 0 Å². The number of hydrogen-bond donors (Lipinski definition) is 0. The Morgan fingerprint density at radius 2 is 1.82 bits per heavy atom. The largest absolute Gasteiger partial charge is 0.285 e. The third kappa shape index (κ3) is 2.18. The molecular formula is C12H8F2N2O. The fourth-order valence-electron chi connectivity index (χ4n) is 1.31. The van der Waals surface area contributed by atoms with Crippen molar-refractivity contribution in [3.63, 3.8) is 0 Å². The molecule has 1 aromatic heterocycles. The van der Waals surface area contributed by atoms with Crippen molar-refractivity contribution in [3.05, 3.63) is 59.2 Å². The normalized spacial score (nSPS) is 10.3. The summed E-state index contributed by atoms with van der Waals surface area (Å²) < 4.78 is 26.3. The Morgan fingerprint density at radius 1 is 1.18 bits per heavy atom. The van der Waals surface area contributed by atoms with Crippen LogP contribution in [-0.4, -0.2) is 15.8 Å². The Hall–Kier alpha value is -2.17. The van der Waals surface area contributed by atoms with E-state index < -0.39 is 17.4 Å². The summed E-state index contributed by atoms with van der Waals surface area (Å²) in [4.78, 5) is 19.4. The summed E-state index contributed by atoms with van der Waals surface area (Å²) in [5.41, 5.74) is 0.412. The molecule has 2 rings (SSSR count). The van der Waals surface area contributed by atoms with E-state index in [-0.39, 0.29) is 11.4 Å². The quantitative estimate of drug-likeness (QED) is 0.749. The fraction of sp³-hybridized carbons (Fsp3) is 0.0833. The number of nitrogens with zero attached hydrogens (tertiary/aromatic N) is 2. The number of aryl methyl sites for hydroxylation is 1. The molecule has 5 heteroatoms. The third-order valence-electron chi connectivity index (χ3n) is 2.18. The van der Waals surface area contributed by atoms with Crippen LogP contribution in [-0.2, 0) is 0 Å². The molecule has 1 heterocycles. The van der Waals surface area contributed by atoms with E-state index in [1.54, 1.807) is 6.92 Å². The molecule has 0 amide bonds. The Kier molecular flexibility index (Phi) is 2.91. The van der Waals surface area contributed by atoms with Crippen molar-refractivity contribution < 1.29 is 13.6 Å². The van der Waals surface area contributed by atoms with Crippen molar-refractivity contribution in [2.75, 3.05) is 0 Å². The van der Waals surface area contributed by atoms with Gasteiger partial charge in [-0.25, -0.2) is 18.7 Å². The average Bonchev–Trinajstić information content (AvgIpc) is 2.33. The Bertz CT molecular complexity index is 567. The second-order valence-corrected chi connectivity index (χ2v) is 3.51. The van der Waals surface area contributed by atoms with Crippen molar-refractivity contribution in [3.8, 4) is 0 Å². The molecule has 0 radical (unpaired) electrons. The second-order valence-electron chi connectivity index (χ2n) is 3.51. The lowest BCUT2D eigenvalue weighted by atomic mass is 10.1. The van der Waals surface area contributed by atoms with Crippen molar-refractivity contribution in [1.29, 1.82) is 0 Å². The topological polar surface area (TPSA) is 42.9 Å². The zero-order chi connectivity index (χ0) is 12.4. The summed E-state index contributed by atoms with van der Waals surface area (Å²) in [6.45, 7) is 1.76. The van der Waals surface area contributed by atoms with Gasteiger partial charge in [0.15, 0.2) is 11.6 Å². The zero-order valence-corrected chi connectivity index (χ0v) is 8.95. The van der Waals surface area contributed by atoms with Gasteiger partial charge in [-0.05, 0) is 24.6 Å². The summed E-state index contributed by atoms with van der Waals surface area (Å²) in [5, 5.41) is 0. The predicted octanol–water partition coefficient (Wildman–Crippen LogP) is 2.29. The van der Waals surface area contributed by atoms with Crippen molar-refractivity contribution in [2.45, 2.75) is 6.92 Å². The van der Waals surface area contributed by atoms with Gasteiger partial charge in [0.05, 0.1) is 5.56 Å². The monoisotopic (exact) mass is 234 g/mol. The number of rotatable bonds is 2. The van der Waals surface area contributed by atoms with E-state index in [0.29, 0.717) is 0 Å². The molecule has 0 unspecified atom stereocenters. The van der Waals surface area contributed by atoms with Gasteiger partial charge in [-0.3, -0.25) is 4.79 Å². The standard InChI is InChI=1S/C12H8F2N2O/c1-7-5-15-12(16-6-7)11(17)8-3-2-4-9(13)10(8)14/h2-6H,1H3. The fourth-order valence-corrected chi connectivity index (χ4v) is 1.31. The van der Waals surface area contributed by atoms with Gasteiger partial charge in [-0.2, -0.15) is 0 Å². The van der Waals surface area contributed by atoms with Crippen LogP contribution < -0.4 is 0 Å². The van der Waals surface area contributed by atoms with Gasteiger partial charge in [0.1, 0.15) is 0 Å². The molecule has 1 aromatic carbocycles.